The lowest BCUT2D eigenvalue weighted by Gasteiger charge is -2.02. The first-order valence-electron chi connectivity index (χ1n) is 4.98. The van der Waals surface area contributed by atoms with E-state index in [2.05, 4.69) is 55.2 Å². The smallest absolute Gasteiger partial charge is 0.156 e. The third-order valence-corrected chi connectivity index (χ3v) is 3.75. The molecule has 15 heavy (non-hydrogen) atoms. The lowest BCUT2D eigenvalue weighted by molar-refractivity contribution is 1.38. The van der Waals surface area contributed by atoms with E-state index in [4.69, 9.17) is 0 Å². The van der Waals surface area contributed by atoms with Crippen LogP contribution in [-0.4, -0.2) is 17.9 Å². The maximum atomic E-state index is 4.16. The molecule has 0 bridgehead atoms. The van der Waals surface area contributed by atoms with Gasteiger partial charge in [-0.1, -0.05) is 12.1 Å². The number of aryl methyl sites for hydroxylation is 1. The van der Waals surface area contributed by atoms with Crippen molar-refractivity contribution in [3.8, 4) is 11.3 Å². The number of nitrogens with one attached hydrogen (secondary N) is 1. The molecular formula is C13H15NP+. The molecule has 0 saturated heterocycles. The predicted octanol–water partition coefficient (Wildman–Crippen LogP) is 3.16. The molecule has 0 radical (unpaired) electrons. The van der Waals surface area contributed by atoms with Crippen molar-refractivity contribution in [3.05, 3.63) is 42.1 Å². The van der Waals surface area contributed by atoms with Gasteiger partial charge in [-0.05, 0) is 30.7 Å². The van der Waals surface area contributed by atoms with Crippen LogP contribution in [-0.2, 0) is 0 Å². The number of hydrogen-bond acceptors (Lipinski definition) is 0. The standard InChI is InChI=1S/C13H15NP/c1-10-8-9-14-13(10)11-6-4-5-7-12(11)15(2)3/h4-9,14H,2H2,1,3H3/q+1. The molecule has 1 unspecified atom stereocenters. The van der Waals surface area contributed by atoms with Gasteiger partial charge in [-0.2, -0.15) is 0 Å². The van der Waals surface area contributed by atoms with Crippen LogP contribution in [0.5, 0.6) is 0 Å². The van der Waals surface area contributed by atoms with Crippen molar-refractivity contribution in [3.63, 3.8) is 0 Å². The topological polar surface area (TPSA) is 15.8 Å². The molecular weight excluding hydrogens is 201 g/mol. The van der Waals surface area contributed by atoms with Gasteiger partial charge >= 0.3 is 0 Å². The van der Waals surface area contributed by atoms with E-state index in [-0.39, 0.29) is 7.55 Å². The Morgan fingerprint density at radius 2 is 1.93 bits per heavy atom. The van der Waals surface area contributed by atoms with E-state index < -0.39 is 0 Å². The second-order valence-electron chi connectivity index (χ2n) is 3.75. The van der Waals surface area contributed by atoms with Gasteiger partial charge in [-0.3, -0.25) is 0 Å². The largest absolute Gasteiger partial charge is 0.361 e. The average Bonchev–Trinajstić information content (AvgIpc) is 2.64. The van der Waals surface area contributed by atoms with Crippen LogP contribution < -0.4 is 5.30 Å². The van der Waals surface area contributed by atoms with Gasteiger partial charge in [0.15, 0.2) is 5.30 Å². The lowest BCUT2D eigenvalue weighted by Crippen LogP contribution is -2.01. The molecule has 1 aromatic heterocycles. The van der Waals surface area contributed by atoms with E-state index in [1.807, 2.05) is 6.20 Å². The Hall–Kier alpha value is -1.33. The van der Waals surface area contributed by atoms with E-state index in [9.17, 15) is 0 Å². The van der Waals surface area contributed by atoms with Crippen LogP contribution in [0.1, 0.15) is 5.56 Å². The summed E-state index contributed by atoms with van der Waals surface area (Å²) >= 11 is 0. The molecule has 0 aliphatic heterocycles. The third kappa shape index (κ3) is 1.88. The Morgan fingerprint density at radius 1 is 1.20 bits per heavy atom. The monoisotopic (exact) mass is 216 g/mol. The highest BCUT2D eigenvalue weighted by molar-refractivity contribution is 7.63. The summed E-state index contributed by atoms with van der Waals surface area (Å²) < 4.78 is 0. The molecule has 1 nitrogen and oxygen atoms in total. The van der Waals surface area contributed by atoms with E-state index in [1.165, 1.54) is 22.1 Å². The van der Waals surface area contributed by atoms with Gasteiger partial charge in [0.05, 0.1) is 12.0 Å². The summed E-state index contributed by atoms with van der Waals surface area (Å²) in [6, 6.07) is 10.6. The molecule has 2 heteroatoms. The number of benzene rings is 1. The molecule has 0 aliphatic rings. The zero-order valence-electron chi connectivity index (χ0n) is 9.12. The van der Waals surface area contributed by atoms with Crippen LogP contribution in [0.25, 0.3) is 11.3 Å². The van der Waals surface area contributed by atoms with Crippen LogP contribution in [0.4, 0.5) is 0 Å². The van der Waals surface area contributed by atoms with Crippen molar-refractivity contribution < 1.29 is 0 Å². The predicted molar refractivity (Wildman–Crippen MR) is 70.6 cm³/mol. The normalized spacial score (nSPS) is 11.5. The molecule has 0 spiro atoms. The Balaban J connectivity index is 2.63. The first-order valence-corrected chi connectivity index (χ1v) is 6.95. The number of rotatable bonds is 2. The summed E-state index contributed by atoms with van der Waals surface area (Å²) in [6.45, 7) is 4.32. The van der Waals surface area contributed by atoms with Gasteiger partial charge in [-0.15, -0.1) is 0 Å². The lowest BCUT2D eigenvalue weighted by atomic mass is 10.1. The fourth-order valence-corrected chi connectivity index (χ4v) is 2.69. The van der Waals surface area contributed by atoms with E-state index in [1.54, 1.807) is 0 Å². The van der Waals surface area contributed by atoms with Gasteiger partial charge in [0, 0.05) is 11.8 Å². The summed E-state index contributed by atoms with van der Waals surface area (Å²) in [5.74, 6) is 0. The minimum absolute atomic E-state index is 0.303. The van der Waals surface area contributed by atoms with Gasteiger partial charge in [0.2, 0.25) is 0 Å². The molecule has 2 aromatic rings. The quantitative estimate of drug-likeness (QED) is 0.742. The summed E-state index contributed by atoms with van der Waals surface area (Å²) in [5, 5.41) is 1.36. The first kappa shape index (κ1) is 10.2. The van der Waals surface area contributed by atoms with Crippen molar-refractivity contribution in [1.82, 2.24) is 4.98 Å². The van der Waals surface area contributed by atoms with Gasteiger partial charge in [0.25, 0.3) is 0 Å². The summed E-state index contributed by atoms with van der Waals surface area (Å²) in [6.07, 6.45) is 6.15. The molecule has 1 atom stereocenters. The van der Waals surface area contributed by atoms with E-state index >= 15 is 0 Å². The number of aromatic amines is 1. The third-order valence-electron chi connectivity index (χ3n) is 2.54. The van der Waals surface area contributed by atoms with Gasteiger partial charge < -0.3 is 4.98 Å². The fourth-order valence-electron chi connectivity index (χ4n) is 1.76. The van der Waals surface area contributed by atoms with Crippen molar-refractivity contribution in [2.75, 3.05) is 6.66 Å². The van der Waals surface area contributed by atoms with Gasteiger partial charge in [-0.25, -0.2) is 0 Å². The first-order chi connectivity index (χ1) is 7.20. The maximum Gasteiger partial charge on any atom is 0.156 e. The number of H-pyrrole nitrogens is 1. The van der Waals surface area contributed by atoms with Crippen molar-refractivity contribution in [2.45, 2.75) is 6.92 Å². The zero-order valence-corrected chi connectivity index (χ0v) is 10.0. The van der Waals surface area contributed by atoms with E-state index in [0.717, 1.165) is 0 Å². The zero-order chi connectivity index (χ0) is 10.8. The Bertz CT molecular complexity index is 497. The highest BCUT2D eigenvalue weighted by Crippen LogP contribution is 2.26. The van der Waals surface area contributed by atoms with Crippen LogP contribution in [0.3, 0.4) is 0 Å². The molecule has 0 fully saturated rings. The fraction of sp³-hybridized carbons (Fsp3) is 0.154. The molecule has 2 rings (SSSR count). The minimum Gasteiger partial charge on any atom is -0.361 e. The molecule has 1 aromatic carbocycles. The molecule has 0 amide bonds. The second kappa shape index (κ2) is 4.04. The Kier molecular flexibility index (Phi) is 2.75. The van der Waals surface area contributed by atoms with Crippen molar-refractivity contribution in [2.24, 2.45) is 0 Å². The van der Waals surface area contributed by atoms with Crippen molar-refractivity contribution >= 4 is 19.1 Å². The molecule has 1 heterocycles. The van der Waals surface area contributed by atoms with Crippen LogP contribution in [0.15, 0.2) is 36.5 Å². The van der Waals surface area contributed by atoms with Crippen LogP contribution in [0.2, 0.25) is 0 Å². The number of hydrogen-bond donors (Lipinski definition) is 1. The van der Waals surface area contributed by atoms with Gasteiger partial charge in [0.1, 0.15) is 14.2 Å². The molecule has 0 aliphatic carbocycles. The highest BCUT2D eigenvalue weighted by Gasteiger charge is 2.14. The second-order valence-corrected chi connectivity index (χ2v) is 5.63. The highest BCUT2D eigenvalue weighted by atomic mass is 31.1. The molecule has 1 N–H and O–H groups in total. The van der Waals surface area contributed by atoms with Crippen LogP contribution in [0, 0.1) is 6.92 Å². The molecule has 0 saturated carbocycles. The Morgan fingerprint density at radius 3 is 2.53 bits per heavy atom. The SMILES string of the molecule is C=[P+](C)c1ccccc1-c1[nH]ccc1C. The summed E-state index contributed by atoms with van der Waals surface area (Å²) in [4.78, 5) is 3.30. The van der Waals surface area contributed by atoms with Crippen molar-refractivity contribution in [1.29, 1.82) is 0 Å². The number of aromatic nitrogens is 1. The maximum absolute atomic E-state index is 4.16. The minimum atomic E-state index is -0.303. The Labute approximate surface area is 91.6 Å². The van der Waals surface area contributed by atoms with E-state index in [0.29, 0.717) is 0 Å². The summed E-state index contributed by atoms with van der Waals surface area (Å²) in [5.41, 5.74) is 3.81. The summed E-state index contributed by atoms with van der Waals surface area (Å²) in [7, 11) is -0.303. The molecule has 76 valence electrons. The van der Waals surface area contributed by atoms with Crippen LogP contribution >= 0.6 is 7.55 Å². The average molecular weight is 216 g/mol.